The average Bonchev–Trinajstić information content (AvgIpc) is 2.98. The van der Waals surface area contributed by atoms with Gasteiger partial charge in [0.25, 0.3) is 0 Å². The molecular formula is C14H17Cl2NO. The zero-order valence-corrected chi connectivity index (χ0v) is 12.1. The van der Waals surface area contributed by atoms with Crippen LogP contribution >= 0.6 is 23.2 Å². The second-order valence-electron chi connectivity index (χ2n) is 4.94. The maximum atomic E-state index is 11.8. The van der Waals surface area contributed by atoms with Crippen LogP contribution in [0.2, 0.25) is 0 Å². The third-order valence-corrected chi connectivity index (χ3v) is 4.34. The molecule has 0 heterocycles. The first-order valence-electron chi connectivity index (χ1n) is 6.22. The summed E-state index contributed by atoms with van der Waals surface area (Å²) in [5.74, 6) is 0.155. The Kier molecular flexibility index (Phi) is 3.88. The molecule has 4 heteroatoms. The first-order valence-corrected chi connectivity index (χ1v) is 6.98. The number of hydrogen-bond donors (Lipinski definition) is 1. The van der Waals surface area contributed by atoms with Crippen molar-refractivity contribution in [1.82, 2.24) is 0 Å². The number of benzene rings is 1. The second-order valence-corrected chi connectivity index (χ2v) is 6.48. The largest absolute Gasteiger partial charge is 0.326 e. The Morgan fingerprint density at radius 3 is 2.44 bits per heavy atom. The van der Waals surface area contributed by atoms with E-state index in [-0.39, 0.29) is 11.8 Å². The molecule has 2 atom stereocenters. The van der Waals surface area contributed by atoms with Crippen LogP contribution in [0.1, 0.15) is 38.2 Å². The number of nitrogens with one attached hydrogen (secondary N) is 1. The van der Waals surface area contributed by atoms with E-state index in [0.29, 0.717) is 12.3 Å². The Hall–Kier alpha value is -0.730. The molecule has 2 rings (SSSR count). The van der Waals surface area contributed by atoms with Gasteiger partial charge < -0.3 is 5.32 Å². The van der Waals surface area contributed by atoms with Crippen molar-refractivity contribution in [2.45, 2.75) is 36.9 Å². The Morgan fingerprint density at radius 2 is 2.00 bits per heavy atom. The highest BCUT2D eigenvalue weighted by Crippen LogP contribution is 2.53. The molecular weight excluding hydrogens is 269 g/mol. The van der Waals surface area contributed by atoms with E-state index in [1.807, 2.05) is 24.3 Å². The predicted molar refractivity (Wildman–Crippen MR) is 76.3 cm³/mol. The molecule has 0 bridgehead atoms. The van der Waals surface area contributed by atoms with Crippen LogP contribution in [-0.2, 0) is 4.79 Å². The molecule has 1 saturated carbocycles. The summed E-state index contributed by atoms with van der Waals surface area (Å²) in [4.78, 5) is 11.8. The maximum Gasteiger partial charge on any atom is 0.230 e. The lowest BCUT2D eigenvalue weighted by Crippen LogP contribution is -2.16. The SMILES string of the molecule is CCC(C)c1ccc(NC(=O)C2CC2(Cl)Cl)cc1. The highest BCUT2D eigenvalue weighted by atomic mass is 35.5. The van der Waals surface area contributed by atoms with E-state index in [2.05, 4.69) is 19.2 Å². The Balaban J connectivity index is 1.97. The quantitative estimate of drug-likeness (QED) is 0.820. The number of halogens is 2. The summed E-state index contributed by atoms with van der Waals surface area (Å²) >= 11 is 11.7. The fraction of sp³-hybridized carbons (Fsp3) is 0.500. The van der Waals surface area contributed by atoms with Crippen molar-refractivity contribution >= 4 is 34.8 Å². The molecule has 1 N–H and O–H groups in total. The summed E-state index contributed by atoms with van der Waals surface area (Å²) in [5, 5.41) is 2.84. The van der Waals surface area contributed by atoms with E-state index in [4.69, 9.17) is 23.2 Å². The maximum absolute atomic E-state index is 11.8. The van der Waals surface area contributed by atoms with Gasteiger partial charge in [0.15, 0.2) is 0 Å². The summed E-state index contributed by atoms with van der Waals surface area (Å²) in [6.07, 6.45) is 1.64. The van der Waals surface area contributed by atoms with Gasteiger partial charge >= 0.3 is 0 Å². The number of amides is 1. The molecule has 1 aromatic carbocycles. The van der Waals surface area contributed by atoms with Crippen LogP contribution in [0.15, 0.2) is 24.3 Å². The van der Waals surface area contributed by atoms with Gasteiger partial charge in [-0.05, 0) is 36.5 Å². The molecule has 1 aliphatic rings. The van der Waals surface area contributed by atoms with Gasteiger partial charge in [-0.25, -0.2) is 0 Å². The molecule has 0 spiro atoms. The van der Waals surface area contributed by atoms with Gasteiger partial charge in [-0.1, -0.05) is 26.0 Å². The zero-order chi connectivity index (χ0) is 13.3. The van der Waals surface area contributed by atoms with Crippen LogP contribution in [0.5, 0.6) is 0 Å². The zero-order valence-electron chi connectivity index (χ0n) is 10.5. The molecule has 1 aliphatic carbocycles. The van der Waals surface area contributed by atoms with Crippen LogP contribution in [0, 0.1) is 5.92 Å². The third-order valence-electron chi connectivity index (χ3n) is 3.50. The van der Waals surface area contributed by atoms with Crippen LogP contribution in [0.3, 0.4) is 0 Å². The predicted octanol–water partition coefficient (Wildman–Crippen LogP) is 4.33. The molecule has 98 valence electrons. The smallest absolute Gasteiger partial charge is 0.230 e. The van der Waals surface area contributed by atoms with Crippen molar-refractivity contribution in [2.24, 2.45) is 5.92 Å². The third kappa shape index (κ3) is 2.99. The number of rotatable bonds is 4. The molecule has 2 nitrogen and oxygen atoms in total. The number of carbonyl (C=O) groups is 1. The van der Waals surface area contributed by atoms with E-state index in [1.54, 1.807) is 0 Å². The first-order chi connectivity index (χ1) is 8.44. The van der Waals surface area contributed by atoms with Gasteiger partial charge in [0.1, 0.15) is 4.33 Å². The Morgan fingerprint density at radius 1 is 1.44 bits per heavy atom. The fourth-order valence-electron chi connectivity index (χ4n) is 1.86. The lowest BCUT2D eigenvalue weighted by molar-refractivity contribution is -0.117. The molecule has 18 heavy (non-hydrogen) atoms. The molecule has 0 saturated heterocycles. The lowest BCUT2D eigenvalue weighted by atomic mass is 9.99. The van der Waals surface area contributed by atoms with Gasteiger partial charge in [0.2, 0.25) is 5.91 Å². The summed E-state index contributed by atoms with van der Waals surface area (Å²) < 4.78 is -0.860. The summed E-state index contributed by atoms with van der Waals surface area (Å²) in [7, 11) is 0. The molecule has 1 fully saturated rings. The number of carbonyl (C=O) groups excluding carboxylic acids is 1. The highest BCUT2D eigenvalue weighted by Gasteiger charge is 2.56. The molecule has 1 aromatic rings. The molecule has 2 unspecified atom stereocenters. The minimum absolute atomic E-state index is 0.101. The van der Waals surface area contributed by atoms with Gasteiger partial charge in [0, 0.05) is 5.69 Å². The van der Waals surface area contributed by atoms with Crippen LogP contribution in [-0.4, -0.2) is 10.2 Å². The monoisotopic (exact) mass is 285 g/mol. The van der Waals surface area contributed by atoms with Crippen molar-refractivity contribution in [3.05, 3.63) is 29.8 Å². The second kappa shape index (κ2) is 5.10. The lowest BCUT2D eigenvalue weighted by Gasteiger charge is -2.10. The van der Waals surface area contributed by atoms with E-state index in [1.165, 1.54) is 5.56 Å². The summed E-state index contributed by atoms with van der Waals surface area (Å²) in [5.41, 5.74) is 2.08. The Bertz CT molecular complexity index is 442. The molecule has 0 aromatic heterocycles. The highest BCUT2D eigenvalue weighted by molar-refractivity contribution is 6.52. The molecule has 0 radical (unpaired) electrons. The number of alkyl halides is 2. The fourth-order valence-corrected chi connectivity index (χ4v) is 2.36. The average molecular weight is 286 g/mol. The van der Waals surface area contributed by atoms with Gasteiger partial charge in [-0.15, -0.1) is 23.2 Å². The van der Waals surface area contributed by atoms with E-state index in [9.17, 15) is 4.79 Å². The molecule has 1 amide bonds. The Labute approximate surface area is 118 Å². The molecule has 0 aliphatic heterocycles. The van der Waals surface area contributed by atoms with Crippen LogP contribution < -0.4 is 5.32 Å². The number of hydrogen-bond acceptors (Lipinski definition) is 1. The topological polar surface area (TPSA) is 29.1 Å². The van der Waals surface area contributed by atoms with Crippen molar-refractivity contribution in [3.8, 4) is 0 Å². The summed E-state index contributed by atoms with van der Waals surface area (Å²) in [6.45, 7) is 4.35. The van der Waals surface area contributed by atoms with E-state index < -0.39 is 4.33 Å². The van der Waals surface area contributed by atoms with E-state index >= 15 is 0 Å². The van der Waals surface area contributed by atoms with Gasteiger partial charge in [-0.3, -0.25) is 4.79 Å². The van der Waals surface area contributed by atoms with Crippen LogP contribution in [0.25, 0.3) is 0 Å². The van der Waals surface area contributed by atoms with Gasteiger partial charge in [0.05, 0.1) is 5.92 Å². The first kappa shape index (κ1) is 13.7. The van der Waals surface area contributed by atoms with Crippen LogP contribution in [0.4, 0.5) is 5.69 Å². The van der Waals surface area contributed by atoms with Gasteiger partial charge in [-0.2, -0.15) is 0 Å². The summed E-state index contributed by atoms with van der Waals surface area (Å²) in [6, 6.07) is 7.94. The van der Waals surface area contributed by atoms with Crippen molar-refractivity contribution in [3.63, 3.8) is 0 Å². The minimum atomic E-state index is -0.860. The normalized spacial score (nSPS) is 22.3. The van der Waals surface area contributed by atoms with Crippen molar-refractivity contribution in [2.75, 3.05) is 5.32 Å². The van der Waals surface area contributed by atoms with Crippen molar-refractivity contribution in [1.29, 1.82) is 0 Å². The number of anilines is 1. The standard InChI is InChI=1S/C14H17Cl2NO/c1-3-9(2)10-4-6-11(7-5-10)17-13(18)12-8-14(12,15)16/h4-7,9,12H,3,8H2,1-2H3,(H,17,18). The minimum Gasteiger partial charge on any atom is -0.326 e. The van der Waals surface area contributed by atoms with Crippen molar-refractivity contribution < 1.29 is 4.79 Å². The van der Waals surface area contributed by atoms with E-state index in [0.717, 1.165) is 12.1 Å².